The number of likely N-dealkylation sites (tertiary alicyclic amines) is 1. The van der Waals surface area contributed by atoms with Crippen LogP contribution in [0.4, 0.5) is 0 Å². The van der Waals surface area contributed by atoms with Crippen molar-refractivity contribution in [1.82, 2.24) is 9.88 Å². The average Bonchev–Trinajstić information content (AvgIpc) is 2.71. The third-order valence-electron chi connectivity index (χ3n) is 3.07. The van der Waals surface area contributed by atoms with Gasteiger partial charge in [-0.3, -0.25) is 9.69 Å². The SMILES string of the molecule is CN1CCC(C(N)=O)CC1c1cocn1. The molecule has 1 aromatic rings. The van der Waals surface area contributed by atoms with Crippen LogP contribution < -0.4 is 5.73 Å². The molecule has 1 amide bonds. The molecule has 1 fully saturated rings. The highest BCUT2D eigenvalue weighted by molar-refractivity contribution is 5.76. The number of nitrogens with zero attached hydrogens (tertiary/aromatic N) is 2. The molecule has 1 aromatic heterocycles. The predicted octanol–water partition coefficient (Wildman–Crippen LogP) is 0.543. The van der Waals surface area contributed by atoms with Crippen molar-refractivity contribution in [3.05, 3.63) is 18.4 Å². The van der Waals surface area contributed by atoms with Crippen molar-refractivity contribution in [1.29, 1.82) is 0 Å². The molecule has 1 aliphatic rings. The Bertz CT molecular complexity index is 336. The molecule has 0 aromatic carbocycles. The molecule has 0 radical (unpaired) electrons. The second kappa shape index (κ2) is 4.02. The van der Waals surface area contributed by atoms with Crippen LogP contribution in [0.3, 0.4) is 0 Å². The first-order valence-electron chi connectivity index (χ1n) is 5.06. The predicted molar refractivity (Wildman–Crippen MR) is 53.8 cm³/mol. The first-order valence-corrected chi connectivity index (χ1v) is 5.06. The van der Waals surface area contributed by atoms with E-state index < -0.39 is 0 Å². The number of oxazole rings is 1. The fourth-order valence-corrected chi connectivity index (χ4v) is 2.07. The van der Waals surface area contributed by atoms with Crippen molar-refractivity contribution in [2.24, 2.45) is 11.7 Å². The minimum absolute atomic E-state index is 0.0390. The Balaban J connectivity index is 2.12. The first kappa shape index (κ1) is 10.2. The van der Waals surface area contributed by atoms with Crippen LogP contribution in [0.5, 0.6) is 0 Å². The van der Waals surface area contributed by atoms with Gasteiger partial charge in [0.2, 0.25) is 5.91 Å². The summed E-state index contributed by atoms with van der Waals surface area (Å²) >= 11 is 0. The fraction of sp³-hybridized carbons (Fsp3) is 0.600. The van der Waals surface area contributed by atoms with E-state index in [0.29, 0.717) is 0 Å². The van der Waals surface area contributed by atoms with Gasteiger partial charge in [-0.15, -0.1) is 0 Å². The highest BCUT2D eigenvalue weighted by Gasteiger charge is 2.31. The minimum atomic E-state index is -0.211. The van der Waals surface area contributed by atoms with Crippen LogP contribution in [-0.4, -0.2) is 29.4 Å². The van der Waals surface area contributed by atoms with E-state index in [0.717, 1.165) is 25.1 Å². The van der Waals surface area contributed by atoms with E-state index in [2.05, 4.69) is 9.88 Å². The number of nitrogens with two attached hydrogens (primary N) is 1. The Kier molecular flexibility index (Phi) is 2.73. The highest BCUT2D eigenvalue weighted by Crippen LogP contribution is 2.31. The van der Waals surface area contributed by atoms with Crippen molar-refractivity contribution in [2.45, 2.75) is 18.9 Å². The average molecular weight is 209 g/mol. The summed E-state index contributed by atoms with van der Waals surface area (Å²) in [6.45, 7) is 0.866. The Morgan fingerprint density at radius 2 is 2.53 bits per heavy atom. The first-order chi connectivity index (χ1) is 7.18. The third kappa shape index (κ3) is 2.02. The standard InChI is InChI=1S/C10H15N3O2/c1-13-3-2-7(10(11)14)4-9(13)8-5-15-6-12-8/h5-7,9H,2-4H2,1H3,(H2,11,14). The van der Waals surface area contributed by atoms with Gasteiger partial charge in [0.15, 0.2) is 6.39 Å². The Hall–Kier alpha value is -1.36. The molecule has 2 unspecified atom stereocenters. The molecule has 1 saturated heterocycles. The van der Waals surface area contributed by atoms with Gasteiger partial charge >= 0.3 is 0 Å². The van der Waals surface area contributed by atoms with Gasteiger partial charge in [0.05, 0.1) is 11.7 Å². The molecule has 0 spiro atoms. The van der Waals surface area contributed by atoms with Crippen molar-refractivity contribution in [2.75, 3.05) is 13.6 Å². The second-order valence-electron chi connectivity index (χ2n) is 4.03. The maximum atomic E-state index is 11.1. The molecule has 2 heterocycles. The van der Waals surface area contributed by atoms with Crippen molar-refractivity contribution < 1.29 is 9.21 Å². The van der Waals surface area contributed by atoms with Gasteiger partial charge in [0.25, 0.3) is 0 Å². The van der Waals surface area contributed by atoms with E-state index in [-0.39, 0.29) is 17.9 Å². The zero-order valence-electron chi connectivity index (χ0n) is 8.72. The summed E-state index contributed by atoms with van der Waals surface area (Å²) in [5, 5.41) is 0. The normalized spacial score (nSPS) is 27.8. The number of amides is 1. The van der Waals surface area contributed by atoms with Crippen LogP contribution >= 0.6 is 0 Å². The molecular weight excluding hydrogens is 194 g/mol. The summed E-state index contributed by atoms with van der Waals surface area (Å²) in [5.41, 5.74) is 6.21. The van der Waals surface area contributed by atoms with Crippen LogP contribution in [-0.2, 0) is 4.79 Å². The van der Waals surface area contributed by atoms with Crippen molar-refractivity contribution in [3.8, 4) is 0 Å². The zero-order valence-corrected chi connectivity index (χ0v) is 8.72. The topological polar surface area (TPSA) is 72.4 Å². The Morgan fingerprint density at radius 3 is 3.13 bits per heavy atom. The third-order valence-corrected chi connectivity index (χ3v) is 3.07. The summed E-state index contributed by atoms with van der Waals surface area (Å²) in [6.07, 6.45) is 4.61. The van der Waals surface area contributed by atoms with Crippen LogP contribution in [0.1, 0.15) is 24.6 Å². The van der Waals surface area contributed by atoms with Gasteiger partial charge in [-0.1, -0.05) is 0 Å². The smallest absolute Gasteiger partial charge is 0.220 e. The molecule has 0 saturated carbocycles. The summed E-state index contributed by atoms with van der Waals surface area (Å²) in [5.74, 6) is -0.250. The number of carbonyl (C=O) groups is 1. The lowest BCUT2D eigenvalue weighted by molar-refractivity contribution is -0.123. The van der Waals surface area contributed by atoms with E-state index in [1.54, 1.807) is 6.26 Å². The van der Waals surface area contributed by atoms with E-state index in [1.807, 2.05) is 7.05 Å². The van der Waals surface area contributed by atoms with Crippen LogP contribution in [0.15, 0.2) is 17.1 Å². The Morgan fingerprint density at radius 1 is 1.73 bits per heavy atom. The second-order valence-corrected chi connectivity index (χ2v) is 4.03. The number of carbonyl (C=O) groups excluding carboxylic acids is 1. The van der Waals surface area contributed by atoms with E-state index in [1.165, 1.54) is 6.39 Å². The zero-order chi connectivity index (χ0) is 10.8. The maximum Gasteiger partial charge on any atom is 0.220 e. The molecule has 0 bridgehead atoms. The number of primary amides is 1. The molecule has 82 valence electrons. The summed E-state index contributed by atoms with van der Waals surface area (Å²) in [7, 11) is 2.02. The molecule has 2 atom stereocenters. The lowest BCUT2D eigenvalue weighted by Gasteiger charge is -2.34. The number of rotatable bonds is 2. The number of hydrogen-bond acceptors (Lipinski definition) is 4. The van der Waals surface area contributed by atoms with Gasteiger partial charge in [-0.05, 0) is 26.4 Å². The number of hydrogen-bond donors (Lipinski definition) is 1. The monoisotopic (exact) mass is 209 g/mol. The van der Waals surface area contributed by atoms with Crippen LogP contribution in [0.2, 0.25) is 0 Å². The van der Waals surface area contributed by atoms with Crippen LogP contribution in [0.25, 0.3) is 0 Å². The van der Waals surface area contributed by atoms with Crippen molar-refractivity contribution in [3.63, 3.8) is 0 Å². The molecule has 0 aliphatic carbocycles. The quantitative estimate of drug-likeness (QED) is 0.771. The lowest BCUT2D eigenvalue weighted by Crippen LogP contribution is -2.38. The van der Waals surface area contributed by atoms with Gasteiger partial charge < -0.3 is 10.2 Å². The van der Waals surface area contributed by atoms with Gasteiger partial charge in [-0.25, -0.2) is 4.98 Å². The molecule has 2 N–H and O–H groups in total. The molecule has 5 heteroatoms. The highest BCUT2D eigenvalue weighted by atomic mass is 16.3. The minimum Gasteiger partial charge on any atom is -0.451 e. The van der Waals surface area contributed by atoms with E-state index >= 15 is 0 Å². The molecule has 1 aliphatic heterocycles. The maximum absolute atomic E-state index is 11.1. The lowest BCUT2D eigenvalue weighted by atomic mass is 9.89. The fourth-order valence-electron chi connectivity index (χ4n) is 2.07. The molecule has 15 heavy (non-hydrogen) atoms. The molecular formula is C10H15N3O2. The van der Waals surface area contributed by atoms with Gasteiger partial charge in [0, 0.05) is 5.92 Å². The van der Waals surface area contributed by atoms with Gasteiger partial charge in [0.1, 0.15) is 6.26 Å². The molecule has 2 rings (SSSR count). The largest absolute Gasteiger partial charge is 0.451 e. The summed E-state index contributed by atoms with van der Waals surface area (Å²) < 4.78 is 4.96. The molecule has 5 nitrogen and oxygen atoms in total. The van der Waals surface area contributed by atoms with Crippen LogP contribution in [0, 0.1) is 5.92 Å². The summed E-state index contributed by atoms with van der Waals surface area (Å²) in [4.78, 5) is 17.4. The number of aromatic nitrogens is 1. The number of piperidine rings is 1. The van der Waals surface area contributed by atoms with E-state index in [9.17, 15) is 4.79 Å². The van der Waals surface area contributed by atoms with Crippen molar-refractivity contribution >= 4 is 5.91 Å². The summed E-state index contributed by atoms with van der Waals surface area (Å²) in [6, 6.07) is 0.148. The van der Waals surface area contributed by atoms with Gasteiger partial charge in [-0.2, -0.15) is 0 Å². The Labute approximate surface area is 88.3 Å². The van der Waals surface area contributed by atoms with E-state index in [4.69, 9.17) is 10.2 Å².